The lowest BCUT2D eigenvalue weighted by molar-refractivity contribution is -0.136. The summed E-state index contributed by atoms with van der Waals surface area (Å²) < 4.78 is 46.4. The third kappa shape index (κ3) is 6.08. The number of anilines is 1. The Morgan fingerprint density at radius 1 is 1.15 bits per heavy atom. The van der Waals surface area contributed by atoms with Gasteiger partial charge in [-0.2, -0.15) is 4.31 Å². The molecule has 0 aromatic heterocycles. The number of hydrogen-bond acceptors (Lipinski definition) is 5. The number of carbonyl (C=O) groups excluding carboxylic acids is 2. The number of hydrogen-bond donors (Lipinski definition) is 2. The van der Waals surface area contributed by atoms with Crippen LogP contribution in [-0.2, 0) is 19.6 Å². The van der Waals surface area contributed by atoms with Crippen LogP contribution >= 0.6 is 0 Å². The van der Waals surface area contributed by atoms with Gasteiger partial charge in [0.05, 0.1) is 12.0 Å². The van der Waals surface area contributed by atoms with Crippen LogP contribution in [0.1, 0.15) is 31.2 Å². The van der Waals surface area contributed by atoms with E-state index >= 15 is 0 Å². The minimum absolute atomic E-state index is 0.0810. The molecule has 3 rings (SSSR count). The van der Waals surface area contributed by atoms with Gasteiger partial charge in [-0.25, -0.2) is 12.8 Å². The third-order valence-electron chi connectivity index (χ3n) is 5.59. The molecule has 0 unspecified atom stereocenters. The van der Waals surface area contributed by atoms with Crippen molar-refractivity contribution in [2.45, 2.75) is 43.5 Å². The van der Waals surface area contributed by atoms with E-state index in [2.05, 4.69) is 10.6 Å². The highest BCUT2D eigenvalue weighted by Gasteiger charge is 2.34. The molecule has 2 aromatic carbocycles. The zero-order valence-corrected chi connectivity index (χ0v) is 19.5. The maximum Gasteiger partial charge on any atom is 0.313 e. The molecule has 2 N–H and O–H groups in total. The molecular formula is C23H28FN3O5S. The highest BCUT2D eigenvalue weighted by Crippen LogP contribution is 2.28. The number of nitrogens with one attached hydrogen (secondary N) is 2. The molecule has 1 aliphatic heterocycles. The number of carbonyl (C=O) groups is 2. The van der Waals surface area contributed by atoms with E-state index in [0.717, 1.165) is 18.9 Å². The number of benzene rings is 2. The first-order chi connectivity index (χ1) is 15.7. The van der Waals surface area contributed by atoms with E-state index in [1.807, 2.05) is 0 Å². The van der Waals surface area contributed by atoms with Gasteiger partial charge in [0.2, 0.25) is 10.0 Å². The molecule has 33 heavy (non-hydrogen) atoms. The van der Waals surface area contributed by atoms with E-state index in [-0.39, 0.29) is 17.5 Å². The van der Waals surface area contributed by atoms with Gasteiger partial charge in [0.15, 0.2) is 0 Å². The normalized spacial score (nSPS) is 16.8. The van der Waals surface area contributed by atoms with Crippen LogP contribution in [0.15, 0.2) is 47.4 Å². The Bertz CT molecular complexity index is 1120. The van der Waals surface area contributed by atoms with Gasteiger partial charge in [-0.05, 0) is 62.1 Å². The van der Waals surface area contributed by atoms with Crippen LogP contribution in [0.4, 0.5) is 10.1 Å². The summed E-state index contributed by atoms with van der Waals surface area (Å²) in [7, 11) is -2.31. The van der Waals surface area contributed by atoms with Crippen molar-refractivity contribution in [2.24, 2.45) is 0 Å². The summed E-state index contributed by atoms with van der Waals surface area (Å²) in [5.74, 6) is -1.57. The number of piperidine rings is 1. The summed E-state index contributed by atoms with van der Waals surface area (Å²) in [6, 6.07) is 9.93. The fourth-order valence-electron chi connectivity index (χ4n) is 3.93. The molecule has 2 aromatic rings. The van der Waals surface area contributed by atoms with E-state index in [1.165, 1.54) is 23.5 Å². The molecule has 1 heterocycles. The van der Waals surface area contributed by atoms with Gasteiger partial charge in [0.25, 0.3) is 0 Å². The molecule has 1 aliphatic rings. The predicted octanol–water partition coefficient (Wildman–Crippen LogP) is 2.83. The van der Waals surface area contributed by atoms with Crippen molar-refractivity contribution in [2.75, 3.05) is 25.5 Å². The number of ether oxygens (including phenoxy) is 1. The Kier molecular flexibility index (Phi) is 8.04. The van der Waals surface area contributed by atoms with Crippen molar-refractivity contribution in [3.8, 4) is 5.75 Å². The molecule has 0 aliphatic carbocycles. The molecular weight excluding hydrogens is 449 g/mol. The lowest BCUT2D eigenvalue weighted by Crippen LogP contribution is -2.46. The monoisotopic (exact) mass is 477 g/mol. The predicted molar refractivity (Wildman–Crippen MR) is 122 cm³/mol. The largest absolute Gasteiger partial charge is 0.497 e. The Balaban J connectivity index is 1.60. The highest BCUT2D eigenvalue weighted by atomic mass is 32.2. The third-order valence-corrected chi connectivity index (χ3v) is 7.71. The maximum atomic E-state index is 13.5. The van der Waals surface area contributed by atoms with Crippen LogP contribution in [0.25, 0.3) is 0 Å². The van der Waals surface area contributed by atoms with Crippen molar-refractivity contribution in [1.82, 2.24) is 9.62 Å². The molecule has 0 saturated carbocycles. The smallest absolute Gasteiger partial charge is 0.313 e. The highest BCUT2D eigenvalue weighted by molar-refractivity contribution is 7.89. The second-order valence-electron chi connectivity index (χ2n) is 7.91. The summed E-state index contributed by atoms with van der Waals surface area (Å²) in [5, 5.41) is 5.06. The fraction of sp³-hybridized carbons (Fsp3) is 0.391. The van der Waals surface area contributed by atoms with Crippen LogP contribution in [0.3, 0.4) is 0 Å². The van der Waals surface area contributed by atoms with E-state index < -0.39 is 27.7 Å². The van der Waals surface area contributed by atoms with E-state index in [0.29, 0.717) is 36.4 Å². The molecule has 1 atom stereocenters. The molecule has 178 valence electrons. The number of sulfonamides is 1. The Labute approximate surface area is 193 Å². The SMILES string of the molecule is COc1cccc(NC(=O)C(=O)NCC[C@@H]2CCCCN2S(=O)(=O)c2ccc(F)cc2C)c1. The Hall–Kier alpha value is -2.98. The average Bonchev–Trinajstić information content (AvgIpc) is 2.79. The Morgan fingerprint density at radius 2 is 1.94 bits per heavy atom. The van der Waals surface area contributed by atoms with Crippen molar-refractivity contribution in [3.63, 3.8) is 0 Å². The molecule has 10 heteroatoms. The summed E-state index contributed by atoms with van der Waals surface area (Å²) in [5.41, 5.74) is 0.774. The van der Waals surface area contributed by atoms with Crippen molar-refractivity contribution in [3.05, 3.63) is 53.8 Å². The van der Waals surface area contributed by atoms with Gasteiger partial charge in [0, 0.05) is 30.9 Å². The van der Waals surface area contributed by atoms with Gasteiger partial charge in [-0.15, -0.1) is 0 Å². The zero-order valence-electron chi connectivity index (χ0n) is 18.6. The molecule has 1 fully saturated rings. The first-order valence-electron chi connectivity index (χ1n) is 10.7. The number of methoxy groups -OCH3 is 1. The standard InChI is InChI=1S/C23H28FN3O5S/c1-16-14-17(24)9-10-21(16)33(30,31)27-13-4-3-7-19(27)11-12-25-22(28)23(29)26-18-6-5-8-20(15-18)32-2/h5-6,8-10,14-15,19H,3-4,7,11-13H2,1-2H3,(H,25,28)(H,26,29)/t19-/m0/s1. The van der Waals surface area contributed by atoms with E-state index in [4.69, 9.17) is 4.74 Å². The van der Waals surface area contributed by atoms with Crippen molar-refractivity contribution >= 4 is 27.5 Å². The van der Waals surface area contributed by atoms with Crippen molar-refractivity contribution in [1.29, 1.82) is 0 Å². The van der Waals surface area contributed by atoms with E-state index in [9.17, 15) is 22.4 Å². The minimum Gasteiger partial charge on any atom is -0.497 e. The number of amides is 2. The maximum absolute atomic E-state index is 13.5. The van der Waals surface area contributed by atoms with Crippen LogP contribution in [0.2, 0.25) is 0 Å². The lowest BCUT2D eigenvalue weighted by Gasteiger charge is -2.35. The van der Waals surface area contributed by atoms with Gasteiger partial charge in [0.1, 0.15) is 11.6 Å². The summed E-state index contributed by atoms with van der Waals surface area (Å²) >= 11 is 0. The number of nitrogens with zero attached hydrogens (tertiary/aromatic N) is 1. The minimum atomic E-state index is -3.81. The summed E-state index contributed by atoms with van der Waals surface area (Å²) in [6.07, 6.45) is 2.59. The van der Waals surface area contributed by atoms with E-state index in [1.54, 1.807) is 31.2 Å². The number of rotatable bonds is 7. The van der Waals surface area contributed by atoms with Gasteiger partial charge < -0.3 is 15.4 Å². The van der Waals surface area contributed by atoms with Gasteiger partial charge >= 0.3 is 11.8 Å². The van der Waals surface area contributed by atoms with Crippen LogP contribution in [0, 0.1) is 12.7 Å². The number of halogens is 1. The first kappa shape index (κ1) is 24.7. The summed E-state index contributed by atoms with van der Waals surface area (Å²) in [6.45, 7) is 2.06. The summed E-state index contributed by atoms with van der Waals surface area (Å²) in [4.78, 5) is 24.4. The van der Waals surface area contributed by atoms with Crippen LogP contribution < -0.4 is 15.4 Å². The quantitative estimate of drug-likeness (QED) is 0.597. The molecule has 8 nitrogen and oxygen atoms in total. The van der Waals surface area contributed by atoms with Crippen LogP contribution in [-0.4, -0.2) is 50.8 Å². The Morgan fingerprint density at radius 3 is 2.67 bits per heavy atom. The average molecular weight is 478 g/mol. The molecule has 2 amide bonds. The molecule has 0 spiro atoms. The van der Waals surface area contributed by atoms with Crippen LogP contribution in [0.5, 0.6) is 5.75 Å². The van der Waals surface area contributed by atoms with Gasteiger partial charge in [-0.3, -0.25) is 9.59 Å². The number of aryl methyl sites for hydroxylation is 1. The van der Waals surface area contributed by atoms with Gasteiger partial charge in [-0.1, -0.05) is 12.5 Å². The molecule has 1 saturated heterocycles. The van der Waals surface area contributed by atoms with Crippen molar-refractivity contribution < 1.29 is 27.1 Å². The first-order valence-corrected chi connectivity index (χ1v) is 12.2. The molecule has 0 bridgehead atoms. The second-order valence-corrected chi connectivity index (χ2v) is 9.76. The second kappa shape index (κ2) is 10.8. The molecule has 0 radical (unpaired) electrons. The zero-order chi connectivity index (χ0) is 24.0. The fourth-order valence-corrected chi connectivity index (χ4v) is 5.86. The lowest BCUT2D eigenvalue weighted by atomic mass is 10.0. The topological polar surface area (TPSA) is 105 Å².